The number of hydrogen-bond acceptors (Lipinski definition) is 3. The van der Waals surface area contributed by atoms with Gasteiger partial charge in [0.15, 0.2) is 0 Å². The molecule has 24 heavy (non-hydrogen) atoms. The van der Waals surface area contributed by atoms with E-state index >= 15 is 0 Å². The standard InChI is InChI=1S/C19H26N4O/c1-3-8-23-10-7-19(18(23)24)6-9-22(14-19)13-15-4-5-17-16(11-15)12-20-21(17)2/h4-5,11-12H,3,6-10,13-14H2,1-2H3. The van der Waals surface area contributed by atoms with E-state index < -0.39 is 0 Å². The molecule has 2 aliphatic rings. The molecule has 5 heteroatoms. The third-order valence-corrected chi connectivity index (χ3v) is 5.74. The summed E-state index contributed by atoms with van der Waals surface area (Å²) in [6.45, 7) is 6.87. The zero-order valence-electron chi connectivity index (χ0n) is 14.7. The molecule has 1 atom stereocenters. The van der Waals surface area contributed by atoms with Gasteiger partial charge in [-0.3, -0.25) is 14.4 Å². The lowest BCUT2D eigenvalue weighted by atomic mass is 9.85. The molecule has 2 saturated heterocycles. The summed E-state index contributed by atoms with van der Waals surface area (Å²) in [4.78, 5) is 17.3. The highest BCUT2D eigenvalue weighted by Crippen LogP contribution is 2.41. The van der Waals surface area contributed by atoms with E-state index in [1.165, 1.54) is 10.9 Å². The number of aromatic nitrogens is 2. The summed E-state index contributed by atoms with van der Waals surface area (Å²) in [6.07, 6.45) is 5.02. The largest absolute Gasteiger partial charge is 0.342 e. The van der Waals surface area contributed by atoms with Crippen LogP contribution in [0.3, 0.4) is 0 Å². The Hall–Kier alpha value is -1.88. The van der Waals surface area contributed by atoms with Gasteiger partial charge in [-0.1, -0.05) is 13.0 Å². The van der Waals surface area contributed by atoms with Crippen LogP contribution in [0.5, 0.6) is 0 Å². The highest BCUT2D eigenvalue weighted by atomic mass is 16.2. The Morgan fingerprint density at radius 3 is 2.92 bits per heavy atom. The van der Waals surface area contributed by atoms with Crippen molar-refractivity contribution < 1.29 is 4.79 Å². The minimum absolute atomic E-state index is 0.104. The summed E-state index contributed by atoms with van der Waals surface area (Å²) in [5.41, 5.74) is 2.37. The van der Waals surface area contributed by atoms with Crippen molar-refractivity contribution in [3.05, 3.63) is 30.0 Å². The fourth-order valence-electron chi connectivity index (χ4n) is 4.42. The maximum atomic E-state index is 12.8. The quantitative estimate of drug-likeness (QED) is 0.866. The maximum Gasteiger partial charge on any atom is 0.230 e. The molecule has 2 fully saturated rings. The molecule has 4 rings (SSSR count). The van der Waals surface area contributed by atoms with Crippen molar-refractivity contribution in [2.24, 2.45) is 12.5 Å². The van der Waals surface area contributed by atoms with Crippen LogP contribution in [0.2, 0.25) is 0 Å². The number of carbonyl (C=O) groups excluding carboxylic acids is 1. The van der Waals surface area contributed by atoms with E-state index in [-0.39, 0.29) is 5.41 Å². The van der Waals surface area contributed by atoms with Gasteiger partial charge < -0.3 is 4.90 Å². The van der Waals surface area contributed by atoms with Gasteiger partial charge in [-0.2, -0.15) is 5.10 Å². The SMILES string of the molecule is CCCN1CCC2(CCN(Cc3ccc4c(cnn4C)c3)C2)C1=O. The van der Waals surface area contributed by atoms with Gasteiger partial charge in [0, 0.05) is 38.6 Å². The van der Waals surface area contributed by atoms with E-state index in [2.05, 4.69) is 40.0 Å². The van der Waals surface area contributed by atoms with Crippen molar-refractivity contribution in [2.45, 2.75) is 32.7 Å². The summed E-state index contributed by atoms with van der Waals surface area (Å²) in [7, 11) is 1.97. The van der Waals surface area contributed by atoms with Crippen LogP contribution >= 0.6 is 0 Å². The lowest BCUT2D eigenvalue weighted by molar-refractivity contribution is -0.135. The van der Waals surface area contributed by atoms with Crippen LogP contribution in [-0.4, -0.2) is 51.7 Å². The van der Waals surface area contributed by atoms with Crippen LogP contribution in [0.25, 0.3) is 10.9 Å². The molecule has 1 amide bonds. The third-order valence-electron chi connectivity index (χ3n) is 5.74. The van der Waals surface area contributed by atoms with E-state index in [4.69, 9.17) is 0 Å². The highest BCUT2D eigenvalue weighted by Gasteiger charge is 2.50. The number of likely N-dealkylation sites (tertiary alicyclic amines) is 2. The fraction of sp³-hybridized carbons (Fsp3) is 0.579. The predicted octanol–water partition coefficient (Wildman–Crippen LogP) is 2.41. The number of hydrogen-bond donors (Lipinski definition) is 0. The molecule has 3 heterocycles. The minimum Gasteiger partial charge on any atom is -0.342 e. The maximum absolute atomic E-state index is 12.8. The fourth-order valence-corrected chi connectivity index (χ4v) is 4.42. The van der Waals surface area contributed by atoms with E-state index in [1.54, 1.807) is 0 Å². The topological polar surface area (TPSA) is 41.4 Å². The molecule has 0 aliphatic carbocycles. The Labute approximate surface area is 143 Å². The molecule has 0 radical (unpaired) electrons. The Morgan fingerprint density at radius 1 is 1.25 bits per heavy atom. The number of rotatable bonds is 4. The van der Waals surface area contributed by atoms with Gasteiger partial charge in [0.2, 0.25) is 5.91 Å². The summed E-state index contributed by atoms with van der Waals surface area (Å²) < 4.78 is 1.91. The molecule has 5 nitrogen and oxygen atoms in total. The number of fused-ring (bicyclic) bond motifs is 1. The van der Waals surface area contributed by atoms with Crippen LogP contribution in [0.1, 0.15) is 31.7 Å². The van der Waals surface area contributed by atoms with Crippen LogP contribution in [0, 0.1) is 5.41 Å². The third kappa shape index (κ3) is 2.51. The summed E-state index contributed by atoms with van der Waals surface area (Å²) in [5.74, 6) is 0.398. The lowest BCUT2D eigenvalue weighted by Gasteiger charge is -2.23. The van der Waals surface area contributed by atoms with Gasteiger partial charge >= 0.3 is 0 Å². The average Bonchev–Trinajstić information content (AvgIpc) is 3.23. The second kappa shape index (κ2) is 5.88. The molecule has 1 unspecified atom stereocenters. The number of benzene rings is 1. The Balaban J connectivity index is 1.46. The first-order valence-electron chi connectivity index (χ1n) is 9.04. The molecular formula is C19H26N4O. The van der Waals surface area contributed by atoms with Crippen LogP contribution in [0.15, 0.2) is 24.4 Å². The normalized spacial score (nSPS) is 24.8. The molecule has 2 aliphatic heterocycles. The molecule has 0 saturated carbocycles. The van der Waals surface area contributed by atoms with Gasteiger partial charge in [0.25, 0.3) is 0 Å². The van der Waals surface area contributed by atoms with Crippen LogP contribution in [-0.2, 0) is 18.4 Å². The Bertz CT molecular complexity index is 768. The zero-order valence-corrected chi connectivity index (χ0v) is 14.7. The molecular weight excluding hydrogens is 300 g/mol. The molecule has 1 aromatic carbocycles. The second-order valence-electron chi connectivity index (χ2n) is 7.44. The lowest BCUT2D eigenvalue weighted by Crippen LogP contribution is -2.37. The molecule has 0 N–H and O–H groups in total. The van der Waals surface area contributed by atoms with Gasteiger partial charge in [-0.25, -0.2) is 0 Å². The van der Waals surface area contributed by atoms with Crippen molar-refractivity contribution >= 4 is 16.8 Å². The first-order valence-corrected chi connectivity index (χ1v) is 9.04. The minimum atomic E-state index is -0.104. The summed E-state index contributed by atoms with van der Waals surface area (Å²) in [5, 5.41) is 5.50. The van der Waals surface area contributed by atoms with E-state index in [0.717, 1.165) is 57.5 Å². The summed E-state index contributed by atoms with van der Waals surface area (Å²) in [6, 6.07) is 6.56. The van der Waals surface area contributed by atoms with Crippen molar-refractivity contribution in [3.63, 3.8) is 0 Å². The predicted molar refractivity (Wildman–Crippen MR) is 94.5 cm³/mol. The van der Waals surface area contributed by atoms with Crippen molar-refractivity contribution in [1.29, 1.82) is 0 Å². The highest BCUT2D eigenvalue weighted by molar-refractivity contribution is 5.85. The van der Waals surface area contributed by atoms with Gasteiger partial charge in [-0.15, -0.1) is 0 Å². The first kappa shape index (κ1) is 15.6. The molecule has 1 aromatic heterocycles. The van der Waals surface area contributed by atoms with Crippen molar-refractivity contribution in [1.82, 2.24) is 19.6 Å². The number of carbonyl (C=O) groups is 1. The first-order chi connectivity index (χ1) is 11.6. The average molecular weight is 326 g/mol. The molecule has 1 spiro atoms. The van der Waals surface area contributed by atoms with Crippen LogP contribution < -0.4 is 0 Å². The second-order valence-corrected chi connectivity index (χ2v) is 7.44. The van der Waals surface area contributed by atoms with Gasteiger partial charge in [0.05, 0.1) is 17.1 Å². The van der Waals surface area contributed by atoms with Crippen LogP contribution in [0.4, 0.5) is 0 Å². The zero-order chi connectivity index (χ0) is 16.7. The number of nitrogens with zero attached hydrogens (tertiary/aromatic N) is 4. The van der Waals surface area contributed by atoms with E-state index in [1.807, 2.05) is 17.9 Å². The van der Waals surface area contributed by atoms with Gasteiger partial charge in [-0.05, 0) is 43.5 Å². The summed E-state index contributed by atoms with van der Waals surface area (Å²) >= 11 is 0. The molecule has 128 valence electrons. The molecule has 0 bridgehead atoms. The monoisotopic (exact) mass is 326 g/mol. The van der Waals surface area contributed by atoms with Gasteiger partial charge in [0.1, 0.15) is 0 Å². The number of aryl methyl sites for hydroxylation is 1. The van der Waals surface area contributed by atoms with Crippen molar-refractivity contribution in [3.8, 4) is 0 Å². The molecule has 2 aromatic rings. The Morgan fingerprint density at radius 2 is 2.08 bits per heavy atom. The number of amides is 1. The van der Waals surface area contributed by atoms with Crippen molar-refractivity contribution in [2.75, 3.05) is 26.2 Å². The van der Waals surface area contributed by atoms with E-state index in [0.29, 0.717) is 5.91 Å². The Kier molecular flexibility index (Phi) is 3.83. The van der Waals surface area contributed by atoms with E-state index in [9.17, 15) is 4.79 Å². The smallest absolute Gasteiger partial charge is 0.230 e.